The summed E-state index contributed by atoms with van der Waals surface area (Å²) in [4.78, 5) is 19.0. The van der Waals surface area contributed by atoms with Gasteiger partial charge in [0.2, 0.25) is 0 Å². The van der Waals surface area contributed by atoms with Crippen LogP contribution in [0.4, 0.5) is 0 Å². The molecule has 0 saturated carbocycles. The molecule has 1 aromatic rings. The zero-order valence-corrected chi connectivity index (χ0v) is 11.7. The van der Waals surface area contributed by atoms with Gasteiger partial charge in [0.1, 0.15) is 9.88 Å². The molecular weight excluding hydrogens is 252 g/mol. The Morgan fingerprint density at radius 3 is 2.94 bits per heavy atom. The fraction of sp³-hybridized carbons (Fsp3) is 0.667. The van der Waals surface area contributed by atoms with Gasteiger partial charge in [0.25, 0.3) is 5.91 Å². The highest BCUT2D eigenvalue weighted by molar-refractivity contribution is 7.13. The Morgan fingerprint density at radius 2 is 2.39 bits per heavy atom. The van der Waals surface area contributed by atoms with E-state index in [1.165, 1.54) is 11.3 Å². The van der Waals surface area contributed by atoms with Crippen molar-refractivity contribution in [2.45, 2.75) is 32.5 Å². The minimum atomic E-state index is -0.760. The van der Waals surface area contributed by atoms with E-state index in [0.29, 0.717) is 31.0 Å². The second-order valence-electron chi connectivity index (χ2n) is 4.93. The number of aryl methyl sites for hydroxylation is 1. The minimum absolute atomic E-state index is 0.0369. The Balaban J connectivity index is 2.14. The molecule has 18 heavy (non-hydrogen) atoms. The molecule has 0 radical (unpaired) electrons. The summed E-state index contributed by atoms with van der Waals surface area (Å²) in [7, 11) is 1.61. The van der Waals surface area contributed by atoms with Crippen molar-refractivity contribution in [3.63, 3.8) is 0 Å². The number of nitrogens with zero attached hydrogens (tertiary/aromatic N) is 2. The van der Waals surface area contributed by atoms with Crippen LogP contribution < -0.4 is 0 Å². The van der Waals surface area contributed by atoms with E-state index in [0.717, 1.165) is 10.7 Å². The minimum Gasteiger partial charge on any atom is -0.388 e. The van der Waals surface area contributed by atoms with Gasteiger partial charge < -0.3 is 14.7 Å². The first-order chi connectivity index (χ1) is 8.43. The van der Waals surface area contributed by atoms with Crippen LogP contribution in [0.3, 0.4) is 0 Å². The number of thiazole rings is 1. The van der Waals surface area contributed by atoms with Crippen LogP contribution in [0.2, 0.25) is 0 Å². The molecule has 1 fully saturated rings. The lowest BCUT2D eigenvalue weighted by atomic mass is 10.1. The topological polar surface area (TPSA) is 62.7 Å². The van der Waals surface area contributed by atoms with Gasteiger partial charge in [-0.05, 0) is 20.3 Å². The number of methoxy groups -OCH3 is 1. The second-order valence-corrected chi connectivity index (χ2v) is 6.01. The molecule has 1 aliphatic heterocycles. The molecule has 1 aliphatic rings. The highest BCUT2D eigenvalue weighted by atomic mass is 32.1. The summed E-state index contributed by atoms with van der Waals surface area (Å²) in [6.07, 6.45) is 0.627. The first-order valence-electron chi connectivity index (χ1n) is 5.90. The number of hydrogen-bond acceptors (Lipinski definition) is 5. The normalized spacial score (nSPS) is 23.7. The van der Waals surface area contributed by atoms with Crippen molar-refractivity contribution in [2.24, 2.45) is 0 Å². The summed E-state index contributed by atoms with van der Waals surface area (Å²) in [6.45, 7) is 5.01. The molecule has 1 atom stereocenters. The quantitative estimate of drug-likeness (QED) is 0.896. The molecule has 0 unspecified atom stereocenters. The van der Waals surface area contributed by atoms with Gasteiger partial charge in [0, 0.05) is 20.2 Å². The predicted octanol–water partition coefficient (Wildman–Crippen LogP) is 1.19. The van der Waals surface area contributed by atoms with E-state index in [4.69, 9.17) is 4.74 Å². The van der Waals surface area contributed by atoms with Crippen LogP contribution >= 0.6 is 11.3 Å². The molecule has 0 spiro atoms. The molecule has 0 aliphatic carbocycles. The Morgan fingerprint density at radius 1 is 1.67 bits per heavy atom. The molecule has 1 amide bonds. The lowest BCUT2D eigenvalue weighted by Crippen LogP contribution is -2.33. The number of aromatic nitrogens is 1. The Labute approximate surface area is 110 Å². The number of rotatable bonds is 3. The van der Waals surface area contributed by atoms with Crippen LogP contribution in [0.5, 0.6) is 0 Å². The standard InChI is InChI=1S/C12H18N2O3S/c1-8-10(18-9(13-8)6-17-3)11(15)14-5-4-12(2,16)7-14/h16H,4-7H2,1-3H3/t12-/m0/s1. The number of ether oxygens (including phenoxy) is 1. The Hall–Kier alpha value is -0.980. The van der Waals surface area contributed by atoms with Crippen LogP contribution in [0.15, 0.2) is 0 Å². The number of carbonyl (C=O) groups excluding carboxylic acids is 1. The maximum Gasteiger partial charge on any atom is 0.265 e. The summed E-state index contributed by atoms with van der Waals surface area (Å²) < 4.78 is 5.02. The summed E-state index contributed by atoms with van der Waals surface area (Å²) in [6, 6.07) is 0. The van der Waals surface area contributed by atoms with Crippen molar-refractivity contribution >= 4 is 17.2 Å². The molecule has 0 aromatic carbocycles. The van der Waals surface area contributed by atoms with Crippen molar-refractivity contribution in [1.82, 2.24) is 9.88 Å². The fourth-order valence-corrected chi connectivity index (χ4v) is 3.10. The molecule has 6 heteroatoms. The first-order valence-corrected chi connectivity index (χ1v) is 6.71. The third-order valence-corrected chi connectivity index (χ3v) is 4.16. The number of carbonyl (C=O) groups is 1. The van der Waals surface area contributed by atoms with Crippen molar-refractivity contribution in [1.29, 1.82) is 0 Å². The predicted molar refractivity (Wildman–Crippen MR) is 68.7 cm³/mol. The number of likely N-dealkylation sites (tertiary alicyclic amines) is 1. The summed E-state index contributed by atoms with van der Waals surface area (Å²) in [5.41, 5.74) is -0.0209. The molecule has 0 bridgehead atoms. The monoisotopic (exact) mass is 270 g/mol. The molecular formula is C12H18N2O3S. The van der Waals surface area contributed by atoms with Gasteiger partial charge >= 0.3 is 0 Å². The average molecular weight is 270 g/mol. The zero-order valence-electron chi connectivity index (χ0n) is 10.9. The lowest BCUT2D eigenvalue weighted by Gasteiger charge is -2.18. The zero-order chi connectivity index (χ0) is 13.3. The van der Waals surface area contributed by atoms with E-state index in [2.05, 4.69) is 4.98 Å². The van der Waals surface area contributed by atoms with Crippen LogP contribution in [-0.4, -0.2) is 46.7 Å². The first kappa shape index (κ1) is 13.5. The molecule has 100 valence electrons. The van der Waals surface area contributed by atoms with Crippen molar-refractivity contribution in [3.8, 4) is 0 Å². The van der Waals surface area contributed by atoms with Crippen molar-refractivity contribution in [2.75, 3.05) is 20.2 Å². The molecule has 2 heterocycles. The van der Waals surface area contributed by atoms with Gasteiger partial charge in [-0.25, -0.2) is 4.98 Å². The van der Waals surface area contributed by atoms with Gasteiger partial charge in [-0.15, -0.1) is 11.3 Å². The Bertz CT molecular complexity index is 456. The number of aliphatic hydroxyl groups is 1. The number of hydrogen-bond donors (Lipinski definition) is 1. The molecule has 5 nitrogen and oxygen atoms in total. The van der Waals surface area contributed by atoms with Gasteiger partial charge in [-0.2, -0.15) is 0 Å². The summed E-state index contributed by atoms with van der Waals surface area (Å²) in [5.74, 6) is -0.0369. The molecule has 2 rings (SSSR count). The van der Waals surface area contributed by atoms with Crippen LogP contribution in [-0.2, 0) is 11.3 Å². The maximum atomic E-state index is 12.3. The lowest BCUT2D eigenvalue weighted by molar-refractivity contribution is 0.0574. The summed E-state index contributed by atoms with van der Waals surface area (Å²) in [5, 5.41) is 10.7. The van der Waals surface area contributed by atoms with Crippen LogP contribution in [0.25, 0.3) is 0 Å². The highest BCUT2D eigenvalue weighted by Crippen LogP contribution is 2.26. The van der Waals surface area contributed by atoms with E-state index in [-0.39, 0.29) is 5.91 Å². The number of β-amino-alcohol motifs (C(OH)–C–C–N with tert-alkyl or cyclic N) is 1. The largest absolute Gasteiger partial charge is 0.388 e. The highest BCUT2D eigenvalue weighted by Gasteiger charge is 2.35. The summed E-state index contributed by atoms with van der Waals surface area (Å²) >= 11 is 1.37. The van der Waals surface area contributed by atoms with Gasteiger partial charge in [-0.1, -0.05) is 0 Å². The van der Waals surface area contributed by atoms with Crippen molar-refractivity contribution in [3.05, 3.63) is 15.6 Å². The van der Waals surface area contributed by atoms with Crippen LogP contribution in [0.1, 0.15) is 33.7 Å². The van der Waals surface area contributed by atoms with Gasteiger partial charge in [0.05, 0.1) is 17.9 Å². The fourth-order valence-electron chi connectivity index (χ4n) is 2.10. The van der Waals surface area contributed by atoms with E-state index in [1.807, 2.05) is 6.92 Å². The average Bonchev–Trinajstić information content (AvgIpc) is 2.82. The van der Waals surface area contributed by atoms with Crippen LogP contribution in [0, 0.1) is 6.92 Å². The third-order valence-electron chi connectivity index (χ3n) is 3.04. The third kappa shape index (κ3) is 2.71. The smallest absolute Gasteiger partial charge is 0.265 e. The van der Waals surface area contributed by atoms with Gasteiger partial charge in [0.15, 0.2) is 0 Å². The molecule has 1 aromatic heterocycles. The number of amides is 1. The van der Waals surface area contributed by atoms with E-state index in [1.54, 1.807) is 18.9 Å². The van der Waals surface area contributed by atoms with Gasteiger partial charge in [-0.3, -0.25) is 4.79 Å². The SMILES string of the molecule is COCc1nc(C)c(C(=O)N2CC[C@](C)(O)C2)s1. The van der Waals surface area contributed by atoms with E-state index >= 15 is 0 Å². The van der Waals surface area contributed by atoms with Crippen molar-refractivity contribution < 1.29 is 14.6 Å². The maximum absolute atomic E-state index is 12.3. The molecule has 1 N–H and O–H groups in total. The Kier molecular flexibility index (Phi) is 3.70. The second kappa shape index (κ2) is 4.95. The molecule has 1 saturated heterocycles. The van der Waals surface area contributed by atoms with E-state index in [9.17, 15) is 9.90 Å². The van der Waals surface area contributed by atoms with E-state index < -0.39 is 5.60 Å².